The number of benzene rings is 2. The summed E-state index contributed by atoms with van der Waals surface area (Å²) in [4.78, 5) is 0. The Bertz CT molecular complexity index is 488. The number of nitrogens with one attached hydrogen (secondary N) is 1. The highest BCUT2D eigenvalue weighted by atomic mass is 16.5. The molecule has 0 bridgehead atoms. The van der Waals surface area contributed by atoms with E-state index in [0.717, 1.165) is 23.7 Å². The van der Waals surface area contributed by atoms with Crippen LogP contribution in [0.2, 0.25) is 0 Å². The maximum absolute atomic E-state index is 5.72. The third-order valence-electron chi connectivity index (χ3n) is 2.49. The van der Waals surface area contributed by atoms with Crippen molar-refractivity contribution in [3.63, 3.8) is 0 Å². The van der Waals surface area contributed by atoms with Crippen molar-refractivity contribution in [2.75, 3.05) is 11.9 Å². The Morgan fingerprint density at radius 2 is 1.61 bits per heavy atom. The Morgan fingerprint density at radius 3 is 2.28 bits per heavy atom. The second-order valence-corrected chi connectivity index (χ2v) is 3.89. The summed E-state index contributed by atoms with van der Waals surface area (Å²) >= 11 is 0. The normalized spacial score (nSPS) is 10.5. The molecule has 2 aromatic carbocycles. The van der Waals surface area contributed by atoms with Gasteiger partial charge in [-0.25, -0.2) is 0 Å². The molecule has 18 heavy (non-hydrogen) atoms. The molecular formula is C16H17NO. The van der Waals surface area contributed by atoms with Gasteiger partial charge in [-0.05, 0) is 43.3 Å². The van der Waals surface area contributed by atoms with Crippen LogP contribution in [0.15, 0.2) is 66.7 Å². The van der Waals surface area contributed by atoms with E-state index in [0.29, 0.717) is 0 Å². The highest BCUT2D eigenvalue weighted by Crippen LogP contribution is 2.22. The standard InChI is InChI=1S/C16H17NO/c1-2-3-13-17-14-9-11-16(12-10-14)18-15-7-5-4-6-8-15/h2-12,17H,13H2,1H3. The van der Waals surface area contributed by atoms with E-state index in [-0.39, 0.29) is 0 Å². The predicted octanol–water partition coefficient (Wildman–Crippen LogP) is 4.47. The molecule has 0 atom stereocenters. The van der Waals surface area contributed by atoms with E-state index in [2.05, 4.69) is 11.4 Å². The molecule has 0 aromatic heterocycles. The number of rotatable bonds is 5. The first kappa shape index (κ1) is 12.2. The van der Waals surface area contributed by atoms with Crippen LogP contribution in [0.4, 0.5) is 5.69 Å². The first-order valence-corrected chi connectivity index (χ1v) is 6.06. The monoisotopic (exact) mass is 239 g/mol. The fourth-order valence-corrected chi connectivity index (χ4v) is 1.56. The van der Waals surface area contributed by atoms with Crippen LogP contribution in [0.1, 0.15) is 6.92 Å². The number of para-hydroxylation sites is 1. The molecule has 0 saturated heterocycles. The minimum absolute atomic E-state index is 0.843. The summed E-state index contributed by atoms with van der Waals surface area (Å²) < 4.78 is 5.72. The van der Waals surface area contributed by atoms with Gasteiger partial charge in [0.15, 0.2) is 0 Å². The summed E-state index contributed by atoms with van der Waals surface area (Å²) in [5, 5.41) is 3.29. The van der Waals surface area contributed by atoms with Crippen LogP contribution in [0.3, 0.4) is 0 Å². The Labute approximate surface area is 108 Å². The van der Waals surface area contributed by atoms with Gasteiger partial charge in [0.1, 0.15) is 11.5 Å². The Kier molecular flexibility index (Phi) is 4.42. The van der Waals surface area contributed by atoms with Gasteiger partial charge >= 0.3 is 0 Å². The lowest BCUT2D eigenvalue weighted by Gasteiger charge is -2.07. The Balaban J connectivity index is 1.95. The van der Waals surface area contributed by atoms with Crippen LogP contribution in [0.25, 0.3) is 0 Å². The second kappa shape index (κ2) is 6.50. The SMILES string of the molecule is CC=CCNc1ccc(Oc2ccccc2)cc1. The van der Waals surface area contributed by atoms with Crippen molar-refractivity contribution < 1.29 is 4.74 Å². The van der Waals surface area contributed by atoms with Crippen molar-refractivity contribution in [2.45, 2.75) is 6.92 Å². The quantitative estimate of drug-likeness (QED) is 0.777. The Morgan fingerprint density at radius 1 is 0.944 bits per heavy atom. The summed E-state index contributed by atoms with van der Waals surface area (Å²) in [7, 11) is 0. The highest BCUT2D eigenvalue weighted by molar-refractivity contribution is 5.47. The molecule has 0 radical (unpaired) electrons. The van der Waals surface area contributed by atoms with E-state index in [1.54, 1.807) is 0 Å². The maximum atomic E-state index is 5.72. The molecule has 0 heterocycles. The van der Waals surface area contributed by atoms with E-state index in [4.69, 9.17) is 4.74 Å². The van der Waals surface area contributed by atoms with Crippen LogP contribution >= 0.6 is 0 Å². The molecule has 0 spiro atoms. The van der Waals surface area contributed by atoms with Crippen molar-refractivity contribution in [3.05, 3.63) is 66.7 Å². The molecule has 0 aliphatic carbocycles. The number of anilines is 1. The summed E-state index contributed by atoms with van der Waals surface area (Å²) in [6.45, 7) is 2.86. The van der Waals surface area contributed by atoms with E-state index in [9.17, 15) is 0 Å². The van der Waals surface area contributed by atoms with Gasteiger partial charge in [0, 0.05) is 12.2 Å². The van der Waals surface area contributed by atoms with Gasteiger partial charge in [-0.15, -0.1) is 0 Å². The zero-order valence-electron chi connectivity index (χ0n) is 10.5. The lowest BCUT2D eigenvalue weighted by atomic mass is 10.3. The van der Waals surface area contributed by atoms with Crippen molar-refractivity contribution in [1.29, 1.82) is 0 Å². The molecule has 0 amide bonds. The van der Waals surface area contributed by atoms with Gasteiger partial charge in [-0.1, -0.05) is 30.4 Å². The van der Waals surface area contributed by atoms with Gasteiger partial charge < -0.3 is 10.1 Å². The third-order valence-corrected chi connectivity index (χ3v) is 2.49. The van der Waals surface area contributed by atoms with Crippen molar-refractivity contribution >= 4 is 5.69 Å². The number of hydrogen-bond donors (Lipinski definition) is 1. The van der Waals surface area contributed by atoms with E-state index < -0.39 is 0 Å². The number of hydrogen-bond acceptors (Lipinski definition) is 2. The molecule has 1 N–H and O–H groups in total. The summed E-state index contributed by atoms with van der Waals surface area (Å²) in [6, 6.07) is 17.7. The fourth-order valence-electron chi connectivity index (χ4n) is 1.56. The van der Waals surface area contributed by atoms with Crippen molar-refractivity contribution in [1.82, 2.24) is 0 Å². The molecule has 0 unspecified atom stereocenters. The van der Waals surface area contributed by atoms with E-state index in [1.165, 1.54) is 0 Å². The molecule has 0 saturated carbocycles. The molecular weight excluding hydrogens is 222 g/mol. The van der Waals surface area contributed by atoms with Gasteiger partial charge in [0.05, 0.1) is 0 Å². The molecule has 2 nitrogen and oxygen atoms in total. The van der Waals surface area contributed by atoms with E-state index in [1.807, 2.05) is 67.6 Å². The molecule has 92 valence electrons. The molecule has 2 rings (SSSR count). The molecule has 0 aliphatic heterocycles. The van der Waals surface area contributed by atoms with Crippen molar-refractivity contribution in [3.8, 4) is 11.5 Å². The van der Waals surface area contributed by atoms with Crippen LogP contribution in [-0.4, -0.2) is 6.54 Å². The zero-order valence-corrected chi connectivity index (χ0v) is 10.5. The zero-order chi connectivity index (χ0) is 12.6. The molecule has 0 aliphatic rings. The second-order valence-electron chi connectivity index (χ2n) is 3.89. The summed E-state index contributed by atoms with van der Waals surface area (Å²) in [5.74, 6) is 1.70. The average Bonchev–Trinajstić information content (AvgIpc) is 2.42. The maximum Gasteiger partial charge on any atom is 0.127 e. The minimum Gasteiger partial charge on any atom is -0.457 e. The van der Waals surface area contributed by atoms with Crippen LogP contribution in [0, 0.1) is 0 Å². The Hall–Kier alpha value is -2.22. The largest absolute Gasteiger partial charge is 0.457 e. The van der Waals surface area contributed by atoms with Gasteiger partial charge in [-0.2, -0.15) is 0 Å². The first-order chi connectivity index (χ1) is 8.88. The highest BCUT2D eigenvalue weighted by Gasteiger charge is 1.96. The summed E-state index contributed by atoms with van der Waals surface area (Å²) in [6.07, 6.45) is 4.11. The fraction of sp³-hybridized carbons (Fsp3) is 0.125. The average molecular weight is 239 g/mol. The van der Waals surface area contributed by atoms with Crippen molar-refractivity contribution in [2.24, 2.45) is 0 Å². The first-order valence-electron chi connectivity index (χ1n) is 6.06. The van der Waals surface area contributed by atoms with Gasteiger partial charge in [0.25, 0.3) is 0 Å². The topological polar surface area (TPSA) is 21.3 Å². The van der Waals surface area contributed by atoms with Gasteiger partial charge in [-0.3, -0.25) is 0 Å². The summed E-state index contributed by atoms with van der Waals surface area (Å²) in [5.41, 5.74) is 1.09. The minimum atomic E-state index is 0.843. The van der Waals surface area contributed by atoms with Crippen LogP contribution in [-0.2, 0) is 0 Å². The van der Waals surface area contributed by atoms with Crippen LogP contribution in [0.5, 0.6) is 11.5 Å². The number of ether oxygens (including phenoxy) is 1. The number of allylic oxidation sites excluding steroid dienone is 1. The molecule has 2 aromatic rings. The van der Waals surface area contributed by atoms with Crippen LogP contribution < -0.4 is 10.1 Å². The lowest BCUT2D eigenvalue weighted by molar-refractivity contribution is 0.483. The smallest absolute Gasteiger partial charge is 0.127 e. The molecule has 0 fully saturated rings. The molecule has 2 heteroatoms. The van der Waals surface area contributed by atoms with E-state index >= 15 is 0 Å². The van der Waals surface area contributed by atoms with Gasteiger partial charge in [0.2, 0.25) is 0 Å². The predicted molar refractivity (Wildman–Crippen MR) is 76.3 cm³/mol. The third kappa shape index (κ3) is 3.67. The lowest BCUT2D eigenvalue weighted by Crippen LogP contribution is -1.97.